The first-order chi connectivity index (χ1) is 10.8. The summed E-state index contributed by atoms with van der Waals surface area (Å²) in [7, 11) is 0. The summed E-state index contributed by atoms with van der Waals surface area (Å²) < 4.78 is 0. The zero-order chi connectivity index (χ0) is 15.4. The van der Waals surface area contributed by atoms with Crippen LogP contribution in [0.1, 0.15) is 69.0 Å². The Labute approximate surface area is 135 Å². The van der Waals surface area contributed by atoms with E-state index in [1.165, 1.54) is 88.1 Å². The SMILES string of the molecule is CCCN1CCCC[C@@H]1c1cnc(N2CCCCC2)cc1C. The second-order valence-corrected chi connectivity index (χ2v) is 6.99. The van der Waals surface area contributed by atoms with Gasteiger partial charge in [0.15, 0.2) is 0 Å². The van der Waals surface area contributed by atoms with Gasteiger partial charge in [0.1, 0.15) is 5.82 Å². The van der Waals surface area contributed by atoms with E-state index in [1.54, 1.807) is 0 Å². The van der Waals surface area contributed by atoms with Gasteiger partial charge in [0, 0.05) is 25.3 Å². The van der Waals surface area contributed by atoms with Crippen molar-refractivity contribution in [3.8, 4) is 0 Å². The maximum absolute atomic E-state index is 4.83. The van der Waals surface area contributed by atoms with Crippen LogP contribution < -0.4 is 4.90 Å². The summed E-state index contributed by atoms with van der Waals surface area (Å²) in [5, 5.41) is 0. The lowest BCUT2D eigenvalue weighted by molar-refractivity contribution is 0.148. The molecule has 0 spiro atoms. The van der Waals surface area contributed by atoms with E-state index < -0.39 is 0 Å². The first-order valence-electron chi connectivity index (χ1n) is 9.25. The number of rotatable bonds is 4. The van der Waals surface area contributed by atoms with Crippen molar-refractivity contribution in [2.45, 2.75) is 64.8 Å². The van der Waals surface area contributed by atoms with Crippen LogP contribution in [0, 0.1) is 6.92 Å². The van der Waals surface area contributed by atoms with Crippen LogP contribution in [0.15, 0.2) is 12.3 Å². The predicted octanol–water partition coefficient (Wildman–Crippen LogP) is 4.32. The Morgan fingerprint density at radius 2 is 1.86 bits per heavy atom. The number of anilines is 1. The van der Waals surface area contributed by atoms with Crippen LogP contribution in [0.25, 0.3) is 0 Å². The molecule has 2 aliphatic heterocycles. The van der Waals surface area contributed by atoms with Crippen molar-refractivity contribution in [3.05, 3.63) is 23.4 Å². The predicted molar refractivity (Wildman–Crippen MR) is 93.5 cm³/mol. The largest absolute Gasteiger partial charge is 0.357 e. The van der Waals surface area contributed by atoms with Crippen LogP contribution in [-0.2, 0) is 0 Å². The molecule has 0 aromatic carbocycles. The Hall–Kier alpha value is -1.09. The molecular weight excluding hydrogens is 270 g/mol. The lowest BCUT2D eigenvalue weighted by Crippen LogP contribution is -2.34. The van der Waals surface area contributed by atoms with Gasteiger partial charge < -0.3 is 4.90 Å². The highest BCUT2D eigenvalue weighted by atomic mass is 15.2. The summed E-state index contributed by atoms with van der Waals surface area (Å²) in [6, 6.07) is 2.93. The maximum Gasteiger partial charge on any atom is 0.128 e. The van der Waals surface area contributed by atoms with Crippen molar-refractivity contribution in [2.24, 2.45) is 0 Å². The van der Waals surface area contributed by atoms with Crippen LogP contribution >= 0.6 is 0 Å². The highest BCUT2D eigenvalue weighted by Gasteiger charge is 2.25. The summed E-state index contributed by atoms with van der Waals surface area (Å²) in [5.41, 5.74) is 2.90. The van der Waals surface area contributed by atoms with E-state index in [9.17, 15) is 0 Å². The third-order valence-electron chi connectivity index (χ3n) is 5.30. The first-order valence-corrected chi connectivity index (χ1v) is 9.25. The molecule has 3 heteroatoms. The summed E-state index contributed by atoms with van der Waals surface area (Å²) in [6.07, 6.45) is 11.4. The highest BCUT2D eigenvalue weighted by Crippen LogP contribution is 2.33. The van der Waals surface area contributed by atoms with Crippen molar-refractivity contribution in [1.82, 2.24) is 9.88 Å². The second kappa shape index (κ2) is 7.45. The molecule has 3 rings (SSSR count). The zero-order valence-electron chi connectivity index (χ0n) is 14.4. The van der Waals surface area contributed by atoms with Crippen molar-refractivity contribution >= 4 is 5.82 Å². The van der Waals surface area contributed by atoms with Crippen molar-refractivity contribution in [2.75, 3.05) is 31.1 Å². The fourth-order valence-corrected chi connectivity index (χ4v) is 4.09. The Kier molecular flexibility index (Phi) is 5.35. The van der Waals surface area contributed by atoms with Gasteiger partial charge >= 0.3 is 0 Å². The topological polar surface area (TPSA) is 19.4 Å². The minimum Gasteiger partial charge on any atom is -0.357 e. The number of pyridine rings is 1. The Balaban J connectivity index is 1.78. The zero-order valence-corrected chi connectivity index (χ0v) is 14.4. The van der Waals surface area contributed by atoms with Crippen molar-refractivity contribution in [3.63, 3.8) is 0 Å². The molecule has 3 heterocycles. The molecule has 0 amide bonds. The average Bonchev–Trinajstić information content (AvgIpc) is 2.57. The molecule has 0 aliphatic carbocycles. The summed E-state index contributed by atoms with van der Waals surface area (Å²) in [4.78, 5) is 9.97. The molecule has 0 radical (unpaired) electrons. The summed E-state index contributed by atoms with van der Waals surface area (Å²) in [6.45, 7) is 9.40. The quantitative estimate of drug-likeness (QED) is 0.825. The number of likely N-dealkylation sites (tertiary alicyclic amines) is 1. The highest BCUT2D eigenvalue weighted by molar-refractivity contribution is 5.44. The fraction of sp³-hybridized carbons (Fsp3) is 0.737. The van der Waals surface area contributed by atoms with Crippen molar-refractivity contribution < 1.29 is 0 Å². The number of hydrogen-bond donors (Lipinski definition) is 0. The fourth-order valence-electron chi connectivity index (χ4n) is 4.09. The molecule has 1 aromatic heterocycles. The number of aryl methyl sites for hydroxylation is 1. The maximum atomic E-state index is 4.83. The van der Waals surface area contributed by atoms with Gasteiger partial charge in [-0.15, -0.1) is 0 Å². The first kappa shape index (κ1) is 15.8. The number of aromatic nitrogens is 1. The van der Waals surface area contributed by atoms with Gasteiger partial charge in [-0.05, 0) is 75.7 Å². The van der Waals surface area contributed by atoms with Crippen LogP contribution in [0.5, 0.6) is 0 Å². The second-order valence-electron chi connectivity index (χ2n) is 6.99. The van der Waals surface area contributed by atoms with Crippen LogP contribution in [0.4, 0.5) is 5.82 Å². The monoisotopic (exact) mass is 301 g/mol. The number of piperidine rings is 2. The molecule has 22 heavy (non-hydrogen) atoms. The minimum absolute atomic E-state index is 0.594. The number of hydrogen-bond acceptors (Lipinski definition) is 3. The lowest BCUT2D eigenvalue weighted by atomic mass is 9.93. The number of nitrogens with zero attached hydrogens (tertiary/aromatic N) is 3. The molecular formula is C19H31N3. The van der Waals surface area contributed by atoms with Gasteiger partial charge in [0.2, 0.25) is 0 Å². The third kappa shape index (κ3) is 3.45. The Bertz CT molecular complexity index is 478. The molecule has 2 aliphatic rings. The van der Waals surface area contributed by atoms with Gasteiger partial charge in [-0.25, -0.2) is 4.98 Å². The molecule has 0 bridgehead atoms. The molecule has 122 valence electrons. The van der Waals surface area contributed by atoms with Crippen LogP contribution in [0.2, 0.25) is 0 Å². The van der Waals surface area contributed by atoms with Gasteiger partial charge in [-0.3, -0.25) is 4.90 Å². The van der Waals surface area contributed by atoms with Crippen LogP contribution in [-0.4, -0.2) is 36.1 Å². The Morgan fingerprint density at radius 3 is 2.59 bits per heavy atom. The summed E-state index contributed by atoms with van der Waals surface area (Å²) in [5.74, 6) is 1.19. The molecule has 0 saturated carbocycles. The third-order valence-corrected chi connectivity index (χ3v) is 5.30. The normalized spacial score (nSPS) is 23.7. The molecule has 0 N–H and O–H groups in total. The van der Waals surface area contributed by atoms with E-state index in [-0.39, 0.29) is 0 Å². The average molecular weight is 301 g/mol. The molecule has 1 aromatic rings. The molecule has 2 saturated heterocycles. The van der Waals surface area contributed by atoms with Gasteiger partial charge in [-0.2, -0.15) is 0 Å². The molecule has 2 fully saturated rings. The van der Waals surface area contributed by atoms with E-state index in [0.717, 1.165) is 0 Å². The van der Waals surface area contributed by atoms with Crippen LogP contribution in [0.3, 0.4) is 0 Å². The van der Waals surface area contributed by atoms with Gasteiger partial charge in [0.25, 0.3) is 0 Å². The van der Waals surface area contributed by atoms with E-state index in [1.807, 2.05) is 0 Å². The smallest absolute Gasteiger partial charge is 0.128 e. The van der Waals surface area contributed by atoms with E-state index in [4.69, 9.17) is 4.98 Å². The minimum atomic E-state index is 0.594. The molecule has 3 nitrogen and oxygen atoms in total. The molecule has 0 unspecified atom stereocenters. The summed E-state index contributed by atoms with van der Waals surface area (Å²) >= 11 is 0. The van der Waals surface area contributed by atoms with Gasteiger partial charge in [-0.1, -0.05) is 13.3 Å². The van der Waals surface area contributed by atoms with E-state index >= 15 is 0 Å². The van der Waals surface area contributed by atoms with Gasteiger partial charge in [0.05, 0.1) is 0 Å². The van der Waals surface area contributed by atoms with Crippen molar-refractivity contribution in [1.29, 1.82) is 0 Å². The standard InChI is InChI=1S/C19H31N3/c1-3-10-21-11-8-5-9-18(21)17-15-20-19(14-16(17)2)22-12-6-4-7-13-22/h14-15,18H,3-13H2,1-2H3/t18-/m1/s1. The van der Waals surface area contributed by atoms with E-state index in [2.05, 4.69) is 35.9 Å². The lowest BCUT2D eigenvalue weighted by Gasteiger charge is -2.37. The van der Waals surface area contributed by atoms with E-state index in [0.29, 0.717) is 6.04 Å². The Morgan fingerprint density at radius 1 is 1.09 bits per heavy atom. The molecule has 1 atom stereocenters.